The van der Waals surface area contributed by atoms with Gasteiger partial charge in [0.2, 0.25) is 0 Å². The van der Waals surface area contributed by atoms with Crippen molar-refractivity contribution in [2.24, 2.45) is 0 Å². The van der Waals surface area contributed by atoms with E-state index in [1.165, 1.54) is 12.1 Å². The molecule has 0 aliphatic carbocycles. The molecule has 4 nitrogen and oxygen atoms in total. The molecule has 0 heterocycles. The Morgan fingerprint density at radius 3 is 2.29 bits per heavy atom. The van der Waals surface area contributed by atoms with Crippen LogP contribution < -0.4 is 4.74 Å². The van der Waals surface area contributed by atoms with Crippen LogP contribution in [0.2, 0.25) is 0 Å². The highest BCUT2D eigenvalue weighted by molar-refractivity contribution is 7.85. The minimum atomic E-state index is -4.45. The van der Waals surface area contributed by atoms with Gasteiger partial charge in [-0.2, -0.15) is 0 Å². The first-order valence-electron chi connectivity index (χ1n) is 5.39. The van der Waals surface area contributed by atoms with Crippen molar-refractivity contribution in [3.05, 3.63) is 23.8 Å². The second kappa shape index (κ2) is 4.66. The maximum atomic E-state index is 11.2. The Kier molecular flexibility index (Phi) is 3.84. The van der Waals surface area contributed by atoms with E-state index in [0.717, 1.165) is 0 Å². The molecule has 0 saturated carbocycles. The predicted octanol–water partition coefficient (Wildman–Crippen LogP) is 2.29. The summed E-state index contributed by atoms with van der Waals surface area (Å²) in [5.74, 6) is 0.574. The summed E-state index contributed by atoms with van der Waals surface area (Å²) < 4.78 is 38.8. The molecule has 0 amide bonds. The third-order valence-electron chi connectivity index (χ3n) is 2.34. The van der Waals surface area contributed by atoms with Gasteiger partial charge < -0.3 is 9.29 Å². The zero-order valence-electron chi connectivity index (χ0n) is 10.5. The second-order valence-electron chi connectivity index (χ2n) is 4.80. The Morgan fingerprint density at radius 2 is 1.88 bits per heavy atom. The van der Waals surface area contributed by atoms with E-state index in [9.17, 15) is 13.0 Å². The van der Waals surface area contributed by atoms with Crippen LogP contribution in [0.4, 0.5) is 0 Å². The molecule has 5 heteroatoms. The highest BCUT2D eigenvalue weighted by Gasteiger charge is 2.21. The van der Waals surface area contributed by atoms with Gasteiger partial charge in [0.15, 0.2) is 0 Å². The summed E-state index contributed by atoms with van der Waals surface area (Å²) in [7, 11) is -4.45. The van der Waals surface area contributed by atoms with Crippen LogP contribution in [0.15, 0.2) is 23.1 Å². The molecule has 17 heavy (non-hydrogen) atoms. The van der Waals surface area contributed by atoms with E-state index < -0.39 is 15.5 Å². The highest BCUT2D eigenvalue weighted by atomic mass is 32.2. The number of benzene rings is 1. The molecular weight excluding hydrogens is 240 g/mol. The van der Waals surface area contributed by atoms with Gasteiger partial charge in [-0.1, -0.05) is 20.8 Å². The molecule has 0 spiro atoms. The fourth-order valence-corrected chi connectivity index (χ4v) is 2.44. The lowest BCUT2D eigenvalue weighted by Crippen LogP contribution is -2.17. The minimum Gasteiger partial charge on any atom is -0.744 e. The molecule has 0 bridgehead atoms. The number of ether oxygens (including phenoxy) is 1. The molecule has 1 aromatic rings. The molecule has 0 aromatic heterocycles. The highest BCUT2D eigenvalue weighted by Crippen LogP contribution is 2.31. The van der Waals surface area contributed by atoms with E-state index in [0.29, 0.717) is 17.9 Å². The van der Waals surface area contributed by atoms with Crippen molar-refractivity contribution in [2.75, 3.05) is 6.61 Å². The van der Waals surface area contributed by atoms with E-state index in [4.69, 9.17) is 4.74 Å². The lowest BCUT2D eigenvalue weighted by molar-refractivity contribution is 0.338. The van der Waals surface area contributed by atoms with Crippen molar-refractivity contribution in [3.63, 3.8) is 0 Å². The average molecular weight is 257 g/mol. The van der Waals surface area contributed by atoms with Crippen LogP contribution in [0.25, 0.3) is 0 Å². The molecule has 0 atom stereocenters. The average Bonchev–Trinajstić information content (AvgIpc) is 2.15. The molecule has 0 fully saturated rings. The molecule has 0 saturated heterocycles. The summed E-state index contributed by atoms with van der Waals surface area (Å²) in [6.45, 7) is 7.90. The maximum Gasteiger partial charge on any atom is 0.124 e. The van der Waals surface area contributed by atoms with Crippen molar-refractivity contribution >= 4 is 10.1 Å². The van der Waals surface area contributed by atoms with E-state index >= 15 is 0 Å². The van der Waals surface area contributed by atoms with Gasteiger partial charge >= 0.3 is 0 Å². The van der Waals surface area contributed by atoms with Crippen molar-refractivity contribution in [2.45, 2.75) is 38.0 Å². The summed E-state index contributed by atoms with van der Waals surface area (Å²) in [6, 6.07) is 4.44. The smallest absolute Gasteiger partial charge is 0.124 e. The molecule has 0 unspecified atom stereocenters. The topological polar surface area (TPSA) is 66.4 Å². The van der Waals surface area contributed by atoms with Gasteiger partial charge in [0.1, 0.15) is 15.9 Å². The first kappa shape index (κ1) is 14.0. The molecule has 1 aromatic carbocycles. The largest absolute Gasteiger partial charge is 0.744 e. The minimum absolute atomic E-state index is 0.173. The Morgan fingerprint density at radius 1 is 1.29 bits per heavy atom. The van der Waals surface area contributed by atoms with Crippen LogP contribution >= 0.6 is 0 Å². The Labute approximate surface area is 102 Å². The Bertz CT molecular complexity index is 498. The number of hydrogen-bond donors (Lipinski definition) is 0. The lowest BCUT2D eigenvalue weighted by Gasteiger charge is -2.24. The van der Waals surface area contributed by atoms with Crippen LogP contribution in [0, 0.1) is 0 Å². The van der Waals surface area contributed by atoms with E-state index in [1.54, 1.807) is 6.07 Å². The normalized spacial score (nSPS) is 12.5. The van der Waals surface area contributed by atoms with Crippen LogP contribution in [0.3, 0.4) is 0 Å². The van der Waals surface area contributed by atoms with Crippen molar-refractivity contribution in [3.8, 4) is 5.75 Å². The molecule has 0 radical (unpaired) electrons. The van der Waals surface area contributed by atoms with E-state index in [1.807, 2.05) is 27.7 Å². The monoisotopic (exact) mass is 257 g/mol. The first-order valence-corrected chi connectivity index (χ1v) is 6.80. The summed E-state index contributed by atoms with van der Waals surface area (Å²) in [6.07, 6.45) is 0. The molecule has 96 valence electrons. The molecular formula is C12H17O4S-. The first-order chi connectivity index (χ1) is 7.66. The van der Waals surface area contributed by atoms with Gasteiger partial charge in [-0.25, -0.2) is 8.42 Å². The van der Waals surface area contributed by atoms with Crippen LogP contribution in [-0.4, -0.2) is 19.6 Å². The molecule has 0 aliphatic rings. The number of hydrogen-bond acceptors (Lipinski definition) is 4. The van der Waals surface area contributed by atoms with Crippen molar-refractivity contribution in [1.29, 1.82) is 0 Å². The standard InChI is InChI=1S/C12H18O4S/c1-5-16-9-6-7-11(17(13,14)15)10(8-9)12(2,3)4/h6-8H,5H2,1-4H3,(H,13,14,15)/p-1. The SMILES string of the molecule is CCOc1ccc(S(=O)(=O)[O-])c(C(C)(C)C)c1. The predicted molar refractivity (Wildman–Crippen MR) is 64.3 cm³/mol. The van der Waals surface area contributed by atoms with Crippen molar-refractivity contribution < 1.29 is 17.7 Å². The molecule has 1 rings (SSSR count). The third-order valence-corrected chi connectivity index (χ3v) is 3.23. The molecule has 0 N–H and O–H groups in total. The van der Waals surface area contributed by atoms with E-state index in [2.05, 4.69) is 0 Å². The maximum absolute atomic E-state index is 11.2. The lowest BCUT2D eigenvalue weighted by atomic mass is 9.87. The van der Waals surface area contributed by atoms with Crippen LogP contribution in [0.5, 0.6) is 5.75 Å². The quantitative estimate of drug-likeness (QED) is 0.779. The van der Waals surface area contributed by atoms with E-state index in [-0.39, 0.29) is 4.90 Å². The summed E-state index contributed by atoms with van der Waals surface area (Å²) in [5.41, 5.74) is 0.0540. The summed E-state index contributed by atoms with van der Waals surface area (Å²) in [5, 5.41) is 0. The van der Waals surface area contributed by atoms with Gasteiger partial charge in [-0.15, -0.1) is 0 Å². The summed E-state index contributed by atoms with van der Waals surface area (Å²) >= 11 is 0. The fraction of sp³-hybridized carbons (Fsp3) is 0.500. The second-order valence-corrected chi connectivity index (χ2v) is 6.14. The van der Waals surface area contributed by atoms with Gasteiger partial charge in [-0.3, -0.25) is 0 Å². The van der Waals surface area contributed by atoms with Gasteiger partial charge in [-0.05, 0) is 36.1 Å². The zero-order valence-corrected chi connectivity index (χ0v) is 11.3. The van der Waals surface area contributed by atoms with Crippen LogP contribution in [-0.2, 0) is 15.5 Å². The third kappa shape index (κ3) is 3.44. The van der Waals surface area contributed by atoms with Crippen LogP contribution in [0.1, 0.15) is 33.3 Å². The number of rotatable bonds is 3. The van der Waals surface area contributed by atoms with Gasteiger partial charge in [0.25, 0.3) is 0 Å². The summed E-state index contributed by atoms with van der Waals surface area (Å²) in [4.78, 5) is -0.173. The van der Waals surface area contributed by atoms with Gasteiger partial charge in [0.05, 0.1) is 11.5 Å². The van der Waals surface area contributed by atoms with Gasteiger partial charge in [0, 0.05) is 0 Å². The Hall–Kier alpha value is -1.07. The zero-order chi connectivity index (χ0) is 13.3. The Balaban J connectivity index is 3.43. The molecule has 0 aliphatic heterocycles. The fourth-order valence-electron chi connectivity index (χ4n) is 1.57. The van der Waals surface area contributed by atoms with Crippen molar-refractivity contribution in [1.82, 2.24) is 0 Å².